The van der Waals surface area contributed by atoms with Crippen LogP contribution in [0.4, 0.5) is 0 Å². The number of amides is 1. The van der Waals surface area contributed by atoms with Gasteiger partial charge in [-0.2, -0.15) is 0 Å². The lowest BCUT2D eigenvalue weighted by atomic mass is 9.90. The molecule has 0 aliphatic heterocycles. The third kappa shape index (κ3) is 3.04. The van der Waals surface area contributed by atoms with Gasteiger partial charge < -0.3 is 10.3 Å². The largest absolute Gasteiger partial charge is 0.347 e. The average molecular weight is 319 g/mol. The third-order valence-electron chi connectivity index (χ3n) is 3.89. The number of carbonyl (C=O) groups excluding carboxylic acids is 1. The van der Waals surface area contributed by atoms with E-state index in [0.717, 1.165) is 12.8 Å². The first-order valence-electron chi connectivity index (χ1n) is 7.23. The van der Waals surface area contributed by atoms with Crippen molar-refractivity contribution in [2.24, 2.45) is 5.92 Å². The Morgan fingerprint density at radius 2 is 2.27 bits per heavy atom. The Labute approximate surface area is 130 Å². The van der Waals surface area contributed by atoms with Crippen molar-refractivity contribution in [1.29, 1.82) is 0 Å². The van der Waals surface area contributed by atoms with Gasteiger partial charge in [-0.3, -0.25) is 14.6 Å². The van der Waals surface area contributed by atoms with Gasteiger partial charge in [-0.15, -0.1) is 11.3 Å². The first-order valence-corrected chi connectivity index (χ1v) is 8.05. The molecule has 2 aromatic rings. The number of aromatic amines is 2. The lowest BCUT2D eigenvalue weighted by Gasteiger charge is -2.16. The highest BCUT2D eigenvalue weighted by Crippen LogP contribution is 2.32. The van der Waals surface area contributed by atoms with E-state index >= 15 is 0 Å². The van der Waals surface area contributed by atoms with Gasteiger partial charge in [-0.1, -0.05) is 6.92 Å². The first-order chi connectivity index (χ1) is 10.5. The summed E-state index contributed by atoms with van der Waals surface area (Å²) in [6.07, 6.45) is 4.55. The topological polar surface area (TPSA) is 94.8 Å². The molecule has 0 saturated carbocycles. The molecular formula is C15H17N3O3S. The summed E-state index contributed by atoms with van der Waals surface area (Å²) < 4.78 is 0. The van der Waals surface area contributed by atoms with Crippen LogP contribution in [0.2, 0.25) is 0 Å². The minimum Gasteiger partial charge on any atom is -0.347 e. The molecular weight excluding hydrogens is 302 g/mol. The Kier molecular flexibility index (Phi) is 3.98. The van der Waals surface area contributed by atoms with E-state index in [1.807, 2.05) is 6.07 Å². The summed E-state index contributed by atoms with van der Waals surface area (Å²) >= 11 is 1.53. The number of aromatic nitrogens is 2. The van der Waals surface area contributed by atoms with Gasteiger partial charge in [0, 0.05) is 11.1 Å². The fourth-order valence-electron chi connectivity index (χ4n) is 2.65. The summed E-state index contributed by atoms with van der Waals surface area (Å²) in [6.45, 7) is 2.31. The zero-order valence-corrected chi connectivity index (χ0v) is 13.0. The van der Waals surface area contributed by atoms with Crippen LogP contribution in [-0.2, 0) is 19.4 Å². The van der Waals surface area contributed by atoms with E-state index in [9.17, 15) is 14.4 Å². The number of thiophene rings is 1. The summed E-state index contributed by atoms with van der Waals surface area (Å²) in [5, 5.41) is 2.73. The number of hydrogen-bond donors (Lipinski definition) is 3. The Morgan fingerprint density at radius 1 is 1.45 bits per heavy atom. The van der Waals surface area contributed by atoms with E-state index in [1.54, 1.807) is 0 Å². The predicted molar refractivity (Wildman–Crippen MR) is 84.4 cm³/mol. The maximum absolute atomic E-state index is 12.2. The molecule has 1 aliphatic rings. The summed E-state index contributed by atoms with van der Waals surface area (Å²) in [6, 6.07) is 1.96. The fraction of sp³-hybridized carbons (Fsp3) is 0.400. The Bertz CT molecular complexity index is 818. The molecule has 3 N–H and O–H groups in total. The van der Waals surface area contributed by atoms with Gasteiger partial charge in [-0.05, 0) is 36.8 Å². The molecule has 1 unspecified atom stereocenters. The standard InChI is InChI=1S/C15H17N3O3S/c1-8-2-3-11-9(4-8)5-12(22-11)14(20)16-6-10-7-17-15(21)18-13(10)19/h5,7-8H,2-4,6H2,1H3,(H,16,20)(H2,17,18,19,21). The predicted octanol–water partition coefficient (Wildman–Crippen LogP) is 1.18. The molecule has 3 rings (SSSR count). The number of aryl methyl sites for hydroxylation is 1. The fourth-order valence-corrected chi connectivity index (χ4v) is 3.77. The minimum atomic E-state index is -0.555. The van der Waals surface area contributed by atoms with Crippen molar-refractivity contribution < 1.29 is 4.79 Å². The second-order valence-electron chi connectivity index (χ2n) is 5.69. The highest BCUT2D eigenvalue weighted by atomic mass is 32.1. The van der Waals surface area contributed by atoms with Gasteiger partial charge in [-0.25, -0.2) is 4.79 Å². The molecule has 2 heterocycles. The number of rotatable bonds is 3. The van der Waals surface area contributed by atoms with Crippen molar-refractivity contribution >= 4 is 17.2 Å². The van der Waals surface area contributed by atoms with E-state index in [4.69, 9.17) is 0 Å². The number of nitrogens with one attached hydrogen (secondary N) is 3. The molecule has 116 valence electrons. The smallest absolute Gasteiger partial charge is 0.325 e. The zero-order chi connectivity index (χ0) is 15.7. The number of fused-ring (bicyclic) bond motifs is 1. The maximum atomic E-state index is 12.2. The zero-order valence-electron chi connectivity index (χ0n) is 12.2. The molecule has 1 atom stereocenters. The molecule has 0 saturated heterocycles. The van der Waals surface area contributed by atoms with E-state index in [-0.39, 0.29) is 12.5 Å². The Morgan fingerprint density at radius 3 is 3.05 bits per heavy atom. The van der Waals surface area contributed by atoms with Gasteiger partial charge in [0.15, 0.2) is 0 Å². The SMILES string of the molecule is CC1CCc2sc(C(=O)NCc3c[nH]c(=O)[nH]c3=O)cc2C1. The molecule has 2 aromatic heterocycles. The van der Waals surface area contributed by atoms with Gasteiger partial charge in [0.1, 0.15) is 0 Å². The number of carbonyl (C=O) groups is 1. The van der Waals surface area contributed by atoms with Crippen LogP contribution >= 0.6 is 11.3 Å². The molecule has 7 heteroatoms. The van der Waals surface area contributed by atoms with Crippen LogP contribution in [0.3, 0.4) is 0 Å². The number of hydrogen-bond acceptors (Lipinski definition) is 4. The van der Waals surface area contributed by atoms with Crippen molar-refractivity contribution in [2.45, 2.75) is 32.7 Å². The summed E-state index contributed by atoms with van der Waals surface area (Å²) in [5.41, 5.74) is 0.558. The van der Waals surface area contributed by atoms with Gasteiger partial charge in [0.2, 0.25) is 0 Å². The molecule has 0 bridgehead atoms. The monoisotopic (exact) mass is 319 g/mol. The van der Waals surface area contributed by atoms with E-state index in [0.29, 0.717) is 16.4 Å². The van der Waals surface area contributed by atoms with Crippen LogP contribution in [0.5, 0.6) is 0 Å². The molecule has 22 heavy (non-hydrogen) atoms. The lowest BCUT2D eigenvalue weighted by Crippen LogP contribution is -2.30. The van der Waals surface area contributed by atoms with Gasteiger partial charge >= 0.3 is 5.69 Å². The molecule has 1 amide bonds. The molecule has 6 nitrogen and oxygen atoms in total. The van der Waals surface area contributed by atoms with E-state index < -0.39 is 11.2 Å². The second kappa shape index (κ2) is 5.92. The summed E-state index contributed by atoms with van der Waals surface area (Å²) in [5.74, 6) is 0.482. The van der Waals surface area contributed by atoms with Gasteiger partial charge in [0.05, 0.1) is 17.0 Å². The number of H-pyrrole nitrogens is 2. The Hall–Kier alpha value is -2.15. The van der Waals surface area contributed by atoms with Crippen LogP contribution in [0.15, 0.2) is 21.9 Å². The van der Waals surface area contributed by atoms with Crippen molar-refractivity contribution in [2.75, 3.05) is 0 Å². The molecule has 0 aromatic carbocycles. The summed E-state index contributed by atoms with van der Waals surface area (Å²) in [4.78, 5) is 41.2. The van der Waals surface area contributed by atoms with Gasteiger partial charge in [0.25, 0.3) is 11.5 Å². The minimum absolute atomic E-state index is 0.0872. The van der Waals surface area contributed by atoms with Crippen molar-refractivity contribution in [3.05, 3.63) is 54.0 Å². The summed E-state index contributed by atoms with van der Waals surface area (Å²) in [7, 11) is 0. The van der Waals surface area contributed by atoms with Crippen molar-refractivity contribution in [3.63, 3.8) is 0 Å². The van der Waals surface area contributed by atoms with Crippen molar-refractivity contribution in [3.8, 4) is 0 Å². The van der Waals surface area contributed by atoms with Crippen LogP contribution in [0.1, 0.15) is 39.0 Å². The van der Waals surface area contributed by atoms with Crippen LogP contribution in [0.25, 0.3) is 0 Å². The highest BCUT2D eigenvalue weighted by Gasteiger charge is 2.20. The maximum Gasteiger partial charge on any atom is 0.325 e. The van der Waals surface area contributed by atoms with E-state index in [1.165, 1.54) is 34.4 Å². The quantitative estimate of drug-likeness (QED) is 0.793. The van der Waals surface area contributed by atoms with E-state index in [2.05, 4.69) is 22.2 Å². The van der Waals surface area contributed by atoms with Crippen LogP contribution in [0, 0.1) is 5.92 Å². The van der Waals surface area contributed by atoms with Crippen LogP contribution < -0.4 is 16.6 Å². The molecule has 1 aliphatic carbocycles. The van der Waals surface area contributed by atoms with Crippen molar-refractivity contribution in [1.82, 2.24) is 15.3 Å². The third-order valence-corrected chi connectivity index (χ3v) is 5.12. The second-order valence-corrected chi connectivity index (χ2v) is 6.82. The lowest BCUT2D eigenvalue weighted by molar-refractivity contribution is 0.0954. The first kappa shape index (κ1) is 14.8. The average Bonchev–Trinajstić information content (AvgIpc) is 2.89. The molecule has 0 spiro atoms. The van der Waals surface area contributed by atoms with Crippen LogP contribution in [-0.4, -0.2) is 15.9 Å². The normalized spacial score (nSPS) is 17.0. The highest BCUT2D eigenvalue weighted by molar-refractivity contribution is 7.14. The Balaban J connectivity index is 1.70. The molecule has 0 radical (unpaired) electrons. The molecule has 0 fully saturated rings.